The van der Waals surface area contributed by atoms with E-state index in [1.807, 2.05) is 5.32 Å². The molecular formula is C12H10F4N2O. The van der Waals surface area contributed by atoms with Crippen molar-refractivity contribution in [3.8, 4) is 11.8 Å². The SMILES string of the molecule is NCC#Cc1ccc(NC(=O)CC(F)(F)F)cc1F. The summed E-state index contributed by atoms with van der Waals surface area (Å²) in [5.74, 6) is 2.89. The summed E-state index contributed by atoms with van der Waals surface area (Å²) >= 11 is 0. The predicted molar refractivity (Wildman–Crippen MR) is 61.6 cm³/mol. The van der Waals surface area contributed by atoms with Gasteiger partial charge in [-0.3, -0.25) is 4.79 Å². The molecule has 1 rings (SSSR count). The van der Waals surface area contributed by atoms with Gasteiger partial charge in [-0.15, -0.1) is 0 Å². The molecule has 0 atom stereocenters. The third kappa shape index (κ3) is 5.40. The molecular weight excluding hydrogens is 264 g/mol. The van der Waals surface area contributed by atoms with E-state index in [-0.39, 0.29) is 17.8 Å². The molecule has 0 bridgehead atoms. The Morgan fingerprint density at radius 3 is 2.58 bits per heavy atom. The third-order valence-corrected chi connectivity index (χ3v) is 1.94. The zero-order chi connectivity index (χ0) is 14.5. The second-order valence-corrected chi connectivity index (χ2v) is 3.54. The van der Waals surface area contributed by atoms with Gasteiger partial charge in [0, 0.05) is 5.69 Å². The zero-order valence-corrected chi connectivity index (χ0v) is 9.64. The number of hydrogen-bond acceptors (Lipinski definition) is 2. The van der Waals surface area contributed by atoms with Crippen LogP contribution in [0.25, 0.3) is 0 Å². The van der Waals surface area contributed by atoms with Crippen molar-refractivity contribution in [1.29, 1.82) is 0 Å². The van der Waals surface area contributed by atoms with E-state index in [9.17, 15) is 22.4 Å². The van der Waals surface area contributed by atoms with Crippen LogP contribution in [0.3, 0.4) is 0 Å². The Hall–Kier alpha value is -2.07. The Bertz CT molecular complexity index is 529. The maximum atomic E-state index is 13.4. The smallest absolute Gasteiger partial charge is 0.326 e. The third-order valence-electron chi connectivity index (χ3n) is 1.94. The second-order valence-electron chi connectivity index (χ2n) is 3.54. The Morgan fingerprint density at radius 1 is 1.37 bits per heavy atom. The Balaban J connectivity index is 2.76. The predicted octanol–water partition coefficient (Wildman–Crippen LogP) is 2.03. The molecule has 1 aromatic rings. The second kappa shape index (κ2) is 6.20. The van der Waals surface area contributed by atoms with Gasteiger partial charge in [0.05, 0.1) is 12.1 Å². The average molecular weight is 274 g/mol. The van der Waals surface area contributed by atoms with E-state index in [2.05, 4.69) is 11.8 Å². The minimum absolute atomic E-state index is 0.0549. The van der Waals surface area contributed by atoms with Crippen LogP contribution in [0.5, 0.6) is 0 Å². The molecule has 0 aliphatic carbocycles. The van der Waals surface area contributed by atoms with Crippen molar-refractivity contribution in [2.24, 2.45) is 5.73 Å². The lowest BCUT2D eigenvalue weighted by Gasteiger charge is -2.08. The number of carbonyl (C=O) groups is 1. The number of anilines is 1. The van der Waals surface area contributed by atoms with Crippen LogP contribution < -0.4 is 11.1 Å². The zero-order valence-electron chi connectivity index (χ0n) is 9.64. The van der Waals surface area contributed by atoms with Crippen molar-refractivity contribution in [1.82, 2.24) is 0 Å². The maximum absolute atomic E-state index is 13.4. The molecule has 19 heavy (non-hydrogen) atoms. The monoisotopic (exact) mass is 274 g/mol. The lowest BCUT2D eigenvalue weighted by atomic mass is 10.2. The summed E-state index contributed by atoms with van der Waals surface area (Å²) in [7, 11) is 0. The molecule has 3 nitrogen and oxygen atoms in total. The number of alkyl halides is 3. The Labute approximate surface area is 106 Å². The Kier molecular flexibility index (Phi) is 4.89. The Morgan fingerprint density at radius 2 is 2.05 bits per heavy atom. The summed E-state index contributed by atoms with van der Waals surface area (Å²) in [6, 6.07) is 3.41. The van der Waals surface area contributed by atoms with Crippen LogP contribution in [-0.4, -0.2) is 18.6 Å². The summed E-state index contributed by atoms with van der Waals surface area (Å²) in [5.41, 5.74) is 5.11. The van der Waals surface area contributed by atoms with E-state index in [1.54, 1.807) is 0 Å². The topological polar surface area (TPSA) is 55.1 Å². The van der Waals surface area contributed by atoms with Crippen molar-refractivity contribution < 1.29 is 22.4 Å². The highest BCUT2D eigenvalue weighted by Gasteiger charge is 2.31. The van der Waals surface area contributed by atoms with Gasteiger partial charge < -0.3 is 11.1 Å². The molecule has 0 fully saturated rings. The first kappa shape index (κ1) is 15.0. The number of carbonyl (C=O) groups excluding carboxylic acids is 1. The fourth-order valence-corrected chi connectivity index (χ4v) is 1.23. The van der Waals surface area contributed by atoms with Gasteiger partial charge in [0.15, 0.2) is 0 Å². The van der Waals surface area contributed by atoms with Crippen LogP contribution in [0.15, 0.2) is 18.2 Å². The average Bonchev–Trinajstić information content (AvgIpc) is 2.25. The van der Waals surface area contributed by atoms with E-state index in [0.717, 1.165) is 6.07 Å². The first-order valence-corrected chi connectivity index (χ1v) is 5.17. The molecule has 0 unspecified atom stereocenters. The van der Waals surface area contributed by atoms with Gasteiger partial charge in [-0.05, 0) is 18.2 Å². The molecule has 0 spiro atoms. The van der Waals surface area contributed by atoms with Crippen LogP contribution in [0.2, 0.25) is 0 Å². The summed E-state index contributed by atoms with van der Waals surface area (Å²) < 4.78 is 49.2. The van der Waals surface area contributed by atoms with E-state index in [4.69, 9.17) is 5.73 Å². The van der Waals surface area contributed by atoms with Crippen molar-refractivity contribution in [2.75, 3.05) is 11.9 Å². The molecule has 1 aromatic carbocycles. The lowest BCUT2D eigenvalue weighted by molar-refractivity contribution is -0.150. The molecule has 0 radical (unpaired) electrons. The van der Waals surface area contributed by atoms with Gasteiger partial charge in [-0.1, -0.05) is 11.8 Å². The number of benzene rings is 1. The molecule has 0 aromatic heterocycles. The summed E-state index contributed by atoms with van der Waals surface area (Å²) in [6.07, 6.45) is -6.22. The highest BCUT2D eigenvalue weighted by atomic mass is 19.4. The van der Waals surface area contributed by atoms with Crippen molar-refractivity contribution in [3.63, 3.8) is 0 Å². The van der Waals surface area contributed by atoms with Gasteiger partial charge >= 0.3 is 6.18 Å². The molecule has 7 heteroatoms. The van der Waals surface area contributed by atoms with Crippen molar-refractivity contribution in [3.05, 3.63) is 29.6 Å². The first-order valence-electron chi connectivity index (χ1n) is 5.17. The molecule has 0 aliphatic heterocycles. The van der Waals surface area contributed by atoms with Crippen LogP contribution in [0.1, 0.15) is 12.0 Å². The van der Waals surface area contributed by atoms with Crippen LogP contribution in [0.4, 0.5) is 23.2 Å². The summed E-state index contributed by atoms with van der Waals surface area (Å²) in [6.45, 7) is 0.0590. The fraction of sp³-hybridized carbons (Fsp3) is 0.250. The number of nitrogens with one attached hydrogen (secondary N) is 1. The van der Waals surface area contributed by atoms with Gasteiger partial charge in [0.2, 0.25) is 5.91 Å². The number of amides is 1. The highest BCUT2D eigenvalue weighted by molar-refractivity contribution is 5.91. The van der Waals surface area contributed by atoms with E-state index >= 15 is 0 Å². The number of halogens is 4. The van der Waals surface area contributed by atoms with Crippen LogP contribution >= 0.6 is 0 Å². The minimum atomic E-state index is -4.60. The molecule has 0 saturated heterocycles. The molecule has 3 N–H and O–H groups in total. The van der Waals surface area contributed by atoms with Crippen LogP contribution in [-0.2, 0) is 4.79 Å². The van der Waals surface area contributed by atoms with Gasteiger partial charge in [-0.2, -0.15) is 13.2 Å². The largest absolute Gasteiger partial charge is 0.397 e. The molecule has 0 heterocycles. The number of nitrogens with two attached hydrogens (primary N) is 1. The fourth-order valence-electron chi connectivity index (χ4n) is 1.23. The molecule has 1 amide bonds. The van der Waals surface area contributed by atoms with E-state index in [0.29, 0.717) is 0 Å². The molecule has 0 saturated carbocycles. The van der Waals surface area contributed by atoms with Gasteiger partial charge in [0.25, 0.3) is 0 Å². The summed E-state index contributed by atoms with van der Waals surface area (Å²) in [4.78, 5) is 11.0. The van der Waals surface area contributed by atoms with Gasteiger partial charge in [-0.25, -0.2) is 4.39 Å². The van der Waals surface area contributed by atoms with E-state index < -0.39 is 24.3 Å². The highest BCUT2D eigenvalue weighted by Crippen LogP contribution is 2.21. The minimum Gasteiger partial charge on any atom is -0.326 e. The quantitative estimate of drug-likeness (QED) is 0.640. The standard InChI is InChI=1S/C12H10F4N2O/c13-10-6-9(4-3-8(10)2-1-5-17)18-11(19)7-12(14,15)16/h3-4,6H,5,7,17H2,(H,18,19). The van der Waals surface area contributed by atoms with Crippen molar-refractivity contribution >= 4 is 11.6 Å². The first-order chi connectivity index (χ1) is 8.81. The molecule has 0 aliphatic rings. The van der Waals surface area contributed by atoms with Gasteiger partial charge in [0.1, 0.15) is 12.2 Å². The maximum Gasteiger partial charge on any atom is 0.397 e. The lowest BCUT2D eigenvalue weighted by Crippen LogP contribution is -2.21. The number of hydrogen-bond donors (Lipinski definition) is 2. The normalized spacial score (nSPS) is 10.6. The van der Waals surface area contributed by atoms with E-state index in [1.165, 1.54) is 12.1 Å². The molecule has 102 valence electrons. The van der Waals surface area contributed by atoms with Crippen LogP contribution in [0, 0.1) is 17.7 Å². The summed E-state index contributed by atoms with van der Waals surface area (Å²) in [5, 5.41) is 1.95. The number of rotatable bonds is 2. The van der Waals surface area contributed by atoms with Crippen molar-refractivity contribution in [2.45, 2.75) is 12.6 Å².